The molecule has 0 saturated heterocycles. The van der Waals surface area contributed by atoms with Crippen molar-refractivity contribution < 1.29 is 19.4 Å². The molecule has 0 spiro atoms. The van der Waals surface area contributed by atoms with Crippen LogP contribution >= 0.6 is 11.6 Å². The Bertz CT molecular complexity index is 187. The molecule has 0 heterocycles. The molecule has 62 valence electrons. The van der Waals surface area contributed by atoms with Crippen LogP contribution in [-0.2, 0) is 14.3 Å². The Morgan fingerprint density at radius 3 is 2.45 bits per heavy atom. The third-order valence-electron chi connectivity index (χ3n) is 0.777. The Morgan fingerprint density at radius 2 is 2.09 bits per heavy atom. The fraction of sp³-hybridized carbons (Fsp3) is 0.333. The van der Waals surface area contributed by atoms with Gasteiger partial charge in [-0.1, -0.05) is 6.58 Å². The summed E-state index contributed by atoms with van der Waals surface area (Å²) in [7, 11) is 0. The first-order valence-corrected chi connectivity index (χ1v) is 3.24. The van der Waals surface area contributed by atoms with E-state index in [0.717, 1.165) is 0 Å². The molecule has 0 aromatic carbocycles. The van der Waals surface area contributed by atoms with Crippen LogP contribution in [0.25, 0.3) is 0 Å². The highest BCUT2D eigenvalue weighted by molar-refractivity contribution is 6.22. The van der Waals surface area contributed by atoms with Crippen molar-refractivity contribution in [2.75, 3.05) is 12.5 Å². The summed E-state index contributed by atoms with van der Waals surface area (Å²) in [5.74, 6) is -2.04. The molecule has 0 fully saturated rings. The van der Waals surface area contributed by atoms with Crippen molar-refractivity contribution >= 4 is 23.5 Å². The van der Waals surface area contributed by atoms with Crippen molar-refractivity contribution in [2.24, 2.45) is 0 Å². The molecule has 0 radical (unpaired) electrons. The van der Waals surface area contributed by atoms with Gasteiger partial charge in [-0.3, -0.25) is 0 Å². The van der Waals surface area contributed by atoms with E-state index in [1.807, 2.05) is 0 Å². The number of esters is 1. The van der Waals surface area contributed by atoms with Crippen LogP contribution in [0.5, 0.6) is 0 Å². The van der Waals surface area contributed by atoms with E-state index in [0.29, 0.717) is 0 Å². The average molecular weight is 179 g/mol. The lowest BCUT2D eigenvalue weighted by Gasteiger charge is -2.00. The Hall–Kier alpha value is -1.03. The second-order valence-electron chi connectivity index (χ2n) is 1.71. The number of hydrogen-bond acceptors (Lipinski definition) is 3. The number of alkyl halides is 1. The molecule has 5 heteroatoms. The van der Waals surface area contributed by atoms with E-state index in [4.69, 9.17) is 16.7 Å². The van der Waals surface area contributed by atoms with Gasteiger partial charge in [0.15, 0.2) is 6.61 Å². The first-order chi connectivity index (χ1) is 5.07. The summed E-state index contributed by atoms with van der Waals surface area (Å²) in [5.41, 5.74) is 0.0490. The molecule has 11 heavy (non-hydrogen) atoms. The summed E-state index contributed by atoms with van der Waals surface area (Å²) in [4.78, 5) is 20.5. The molecule has 0 unspecified atom stereocenters. The lowest BCUT2D eigenvalue weighted by molar-refractivity contribution is -0.152. The predicted octanol–water partition coefficient (Wildman–Crippen LogP) is 0.409. The van der Waals surface area contributed by atoms with E-state index in [1.165, 1.54) is 0 Å². The summed E-state index contributed by atoms with van der Waals surface area (Å²) in [6.45, 7) is 2.59. The summed E-state index contributed by atoms with van der Waals surface area (Å²) < 4.78 is 4.23. The number of carbonyl (C=O) groups is 2. The van der Waals surface area contributed by atoms with Crippen LogP contribution in [0.15, 0.2) is 12.2 Å². The minimum atomic E-state index is -1.21. The summed E-state index contributed by atoms with van der Waals surface area (Å²) in [5, 5.41) is 8.08. The summed E-state index contributed by atoms with van der Waals surface area (Å²) in [6.07, 6.45) is 0. The lowest BCUT2D eigenvalue weighted by Crippen LogP contribution is -2.14. The van der Waals surface area contributed by atoms with Gasteiger partial charge in [0.25, 0.3) is 0 Å². The average Bonchev–Trinajstić information content (AvgIpc) is 1.98. The Morgan fingerprint density at radius 1 is 1.55 bits per heavy atom. The molecule has 0 aliphatic heterocycles. The molecular weight excluding hydrogens is 172 g/mol. The van der Waals surface area contributed by atoms with Crippen LogP contribution in [0, 0.1) is 0 Å². The van der Waals surface area contributed by atoms with Gasteiger partial charge in [-0.05, 0) is 0 Å². The predicted molar refractivity (Wildman–Crippen MR) is 38.5 cm³/mol. The number of carboxylic acids is 1. The maximum Gasteiger partial charge on any atom is 0.341 e. The minimum absolute atomic E-state index is 0.0490. The quantitative estimate of drug-likeness (QED) is 0.385. The van der Waals surface area contributed by atoms with Crippen molar-refractivity contribution in [2.45, 2.75) is 0 Å². The Balaban J connectivity index is 3.70. The fourth-order valence-corrected chi connectivity index (χ4v) is 0.393. The second-order valence-corrected chi connectivity index (χ2v) is 1.97. The van der Waals surface area contributed by atoms with Gasteiger partial charge in [-0.25, -0.2) is 9.59 Å². The van der Waals surface area contributed by atoms with Gasteiger partial charge in [-0.2, -0.15) is 0 Å². The van der Waals surface area contributed by atoms with E-state index in [2.05, 4.69) is 11.3 Å². The third-order valence-corrected chi connectivity index (χ3v) is 1.10. The van der Waals surface area contributed by atoms with Crippen molar-refractivity contribution in [1.82, 2.24) is 0 Å². The smallest absolute Gasteiger partial charge is 0.341 e. The first-order valence-electron chi connectivity index (χ1n) is 2.70. The number of carbonyl (C=O) groups excluding carboxylic acids is 1. The molecule has 4 nitrogen and oxygen atoms in total. The monoisotopic (exact) mass is 178 g/mol. The van der Waals surface area contributed by atoms with Crippen LogP contribution in [-0.4, -0.2) is 29.5 Å². The number of hydrogen-bond donors (Lipinski definition) is 1. The van der Waals surface area contributed by atoms with Crippen molar-refractivity contribution in [3.8, 4) is 0 Å². The third kappa shape index (κ3) is 4.38. The van der Waals surface area contributed by atoms with Crippen LogP contribution in [0.4, 0.5) is 0 Å². The molecule has 0 bridgehead atoms. The minimum Gasteiger partial charge on any atom is -0.479 e. The molecule has 0 aliphatic rings. The van der Waals surface area contributed by atoms with Gasteiger partial charge in [0.1, 0.15) is 0 Å². The number of carboxylic acid groups (broad SMARTS) is 1. The highest BCUT2D eigenvalue weighted by atomic mass is 35.5. The van der Waals surface area contributed by atoms with E-state index in [1.54, 1.807) is 0 Å². The standard InChI is InChI=1S/C6H7ClO4/c1-4(2-7)6(10)11-3-5(8)9/h1-3H2,(H,8,9). The van der Waals surface area contributed by atoms with Crippen LogP contribution in [0.3, 0.4) is 0 Å². The molecular formula is C6H7ClO4. The zero-order chi connectivity index (χ0) is 8.85. The van der Waals surface area contributed by atoms with Gasteiger partial charge >= 0.3 is 11.9 Å². The highest BCUT2D eigenvalue weighted by Crippen LogP contribution is 1.96. The maximum atomic E-state index is 10.6. The molecule has 0 saturated carbocycles. The number of halogens is 1. The van der Waals surface area contributed by atoms with E-state index in [-0.39, 0.29) is 11.5 Å². The van der Waals surface area contributed by atoms with Gasteiger partial charge in [-0.15, -0.1) is 11.6 Å². The van der Waals surface area contributed by atoms with Crippen molar-refractivity contribution in [1.29, 1.82) is 0 Å². The van der Waals surface area contributed by atoms with Crippen LogP contribution in [0.2, 0.25) is 0 Å². The highest BCUT2D eigenvalue weighted by Gasteiger charge is 2.08. The maximum absolute atomic E-state index is 10.6. The van der Waals surface area contributed by atoms with Gasteiger partial charge in [0.05, 0.1) is 5.88 Å². The number of ether oxygens (including phenoxy) is 1. The summed E-state index contributed by atoms with van der Waals surface area (Å²) >= 11 is 5.21. The summed E-state index contributed by atoms with van der Waals surface area (Å²) in [6, 6.07) is 0. The number of aliphatic carboxylic acids is 1. The van der Waals surface area contributed by atoms with Gasteiger partial charge in [0, 0.05) is 5.57 Å². The Kier molecular flexibility index (Phi) is 4.29. The van der Waals surface area contributed by atoms with Gasteiger partial charge in [0.2, 0.25) is 0 Å². The van der Waals surface area contributed by atoms with Crippen molar-refractivity contribution in [3.63, 3.8) is 0 Å². The molecule has 0 aliphatic carbocycles. The molecule has 0 aromatic rings. The van der Waals surface area contributed by atoms with Crippen LogP contribution < -0.4 is 0 Å². The van der Waals surface area contributed by atoms with Crippen LogP contribution in [0.1, 0.15) is 0 Å². The zero-order valence-electron chi connectivity index (χ0n) is 5.67. The lowest BCUT2D eigenvalue weighted by atomic mass is 10.4. The Labute approximate surface area is 68.4 Å². The molecule has 0 aromatic heterocycles. The van der Waals surface area contributed by atoms with E-state index >= 15 is 0 Å². The normalized spacial score (nSPS) is 8.82. The molecule has 0 atom stereocenters. The molecule has 1 N–H and O–H groups in total. The molecule has 0 amide bonds. The van der Waals surface area contributed by atoms with E-state index in [9.17, 15) is 9.59 Å². The molecule has 0 rings (SSSR count). The SMILES string of the molecule is C=C(CCl)C(=O)OCC(=O)O. The fourth-order valence-electron chi connectivity index (χ4n) is 0.284. The largest absolute Gasteiger partial charge is 0.479 e. The zero-order valence-corrected chi connectivity index (χ0v) is 6.43. The number of rotatable bonds is 4. The second kappa shape index (κ2) is 4.73. The van der Waals surface area contributed by atoms with Gasteiger partial charge < -0.3 is 9.84 Å². The first kappa shape index (κ1) is 9.97. The van der Waals surface area contributed by atoms with E-state index < -0.39 is 18.5 Å². The topological polar surface area (TPSA) is 63.6 Å². The van der Waals surface area contributed by atoms with Crippen molar-refractivity contribution in [3.05, 3.63) is 12.2 Å².